The summed E-state index contributed by atoms with van der Waals surface area (Å²) in [6.45, 7) is 2.64. The van der Waals surface area contributed by atoms with Crippen LogP contribution in [0.5, 0.6) is 0 Å². The third kappa shape index (κ3) is 6.75. The molecule has 2 aliphatic rings. The second-order valence-electron chi connectivity index (χ2n) is 9.31. The molecule has 5 N–H and O–H groups in total. The summed E-state index contributed by atoms with van der Waals surface area (Å²) in [4.78, 5) is 67.0. The third-order valence-electron chi connectivity index (χ3n) is 6.71. The average Bonchev–Trinajstić information content (AvgIpc) is 3.21. The van der Waals surface area contributed by atoms with Crippen molar-refractivity contribution in [3.05, 3.63) is 35.9 Å². The summed E-state index contributed by atoms with van der Waals surface area (Å²) in [7, 11) is 0. The predicted octanol–water partition coefficient (Wildman–Crippen LogP) is -0.0601. The van der Waals surface area contributed by atoms with E-state index >= 15 is 0 Å². The largest absolute Gasteiger partial charge is 0.394 e. The standard InChI is InChI=1S/C25H33Cl2N5O6/c1-3-15-22(35)31-18(12-33)23(36)30-17(13-8-6-5-7-9-13)10-19(34)28-16(4-2)25(38)32-11-14(26)20(27)21(32)24(37)29-15/h5-9,14-18,20-21,33H,3-4,10-12H2,1-2H3,(H,28,34)(H,29,37)(H,30,36)(H,31,35)/t14-,15+,16+,17-,18+,20-,21?/m1/s1. The predicted molar refractivity (Wildman–Crippen MR) is 140 cm³/mol. The molecule has 2 aliphatic heterocycles. The van der Waals surface area contributed by atoms with Crippen molar-refractivity contribution < 1.29 is 29.1 Å². The van der Waals surface area contributed by atoms with Gasteiger partial charge in [0.1, 0.15) is 24.2 Å². The first-order chi connectivity index (χ1) is 18.1. The highest BCUT2D eigenvalue weighted by Crippen LogP contribution is 2.29. The number of amides is 5. The van der Waals surface area contributed by atoms with E-state index in [0.29, 0.717) is 5.56 Å². The summed E-state index contributed by atoms with van der Waals surface area (Å²) < 4.78 is 0. The van der Waals surface area contributed by atoms with E-state index < -0.39 is 77.1 Å². The topological polar surface area (TPSA) is 157 Å². The van der Waals surface area contributed by atoms with Crippen LogP contribution in [0, 0.1) is 0 Å². The molecule has 38 heavy (non-hydrogen) atoms. The van der Waals surface area contributed by atoms with Crippen LogP contribution in [0.15, 0.2) is 30.3 Å². The van der Waals surface area contributed by atoms with Crippen molar-refractivity contribution in [2.75, 3.05) is 13.2 Å². The Morgan fingerprint density at radius 1 is 0.842 bits per heavy atom. The molecular formula is C25H33Cl2N5O6. The number of hydrogen-bond donors (Lipinski definition) is 5. The molecule has 0 saturated carbocycles. The Balaban J connectivity index is 2.00. The molecule has 2 fully saturated rings. The fourth-order valence-corrected chi connectivity index (χ4v) is 5.17. The lowest BCUT2D eigenvalue weighted by atomic mass is 10.0. The van der Waals surface area contributed by atoms with E-state index in [-0.39, 0.29) is 25.8 Å². The van der Waals surface area contributed by atoms with Gasteiger partial charge in [-0.15, -0.1) is 23.2 Å². The number of carbonyl (C=O) groups is 5. The zero-order valence-electron chi connectivity index (χ0n) is 21.2. The highest BCUT2D eigenvalue weighted by molar-refractivity contribution is 6.32. The lowest BCUT2D eigenvalue weighted by Gasteiger charge is -2.31. The van der Waals surface area contributed by atoms with E-state index in [2.05, 4.69) is 21.3 Å². The Morgan fingerprint density at radius 3 is 2.05 bits per heavy atom. The normalized spacial score (nSPS) is 31.7. The quantitative estimate of drug-likeness (QED) is 0.320. The highest BCUT2D eigenvalue weighted by Gasteiger charge is 2.48. The molecule has 5 amide bonds. The number of hydrogen-bond acceptors (Lipinski definition) is 6. The van der Waals surface area contributed by atoms with E-state index in [1.54, 1.807) is 44.2 Å². The van der Waals surface area contributed by atoms with Crippen LogP contribution in [0.2, 0.25) is 0 Å². The first-order valence-corrected chi connectivity index (χ1v) is 13.4. The molecule has 7 atom stereocenters. The van der Waals surface area contributed by atoms with Gasteiger partial charge in [-0.3, -0.25) is 24.0 Å². The summed E-state index contributed by atoms with van der Waals surface area (Å²) >= 11 is 12.8. The van der Waals surface area contributed by atoms with Crippen molar-refractivity contribution in [1.29, 1.82) is 0 Å². The van der Waals surface area contributed by atoms with Gasteiger partial charge in [0, 0.05) is 6.54 Å². The van der Waals surface area contributed by atoms with Crippen molar-refractivity contribution in [3.8, 4) is 0 Å². The van der Waals surface area contributed by atoms with Gasteiger partial charge in [0.05, 0.1) is 29.8 Å². The molecule has 1 unspecified atom stereocenters. The summed E-state index contributed by atoms with van der Waals surface area (Å²) in [5, 5.41) is 18.6. The summed E-state index contributed by atoms with van der Waals surface area (Å²) in [6, 6.07) is 3.36. The van der Waals surface area contributed by atoms with Crippen LogP contribution in [0.4, 0.5) is 0 Å². The average molecular weight is 570 g/mol. The minimum Gasteiger partial charge on any atom is -0.394 e. The number of aliphatic hydroxyl groups excluding tert-OH is 1. The number of aliphatic hydroxyl groups is 1. The first-order valence-electron chi connectivity index (χ1n) is 12.6. The van der Waals surface area contributed by atoms with Crippen molar-refractivity contribution in [2.24, 2.45) is 0 Å². The van der Waals surface area contributed by atoms with Gasteiger partial charge in [0.2, 0.25) is 29.5 Å². The Morgan fingerprint density at radius 2 is 1.45 bits per heavy atom. The molecule has 0 spiro atoms. The molecule has 1 aromatic carbocycles. The number of halogens is 2. The van der Waals surface area contributed by atoms with Crippen molar-refractivity contribution in [2.45, 2.75) is 74.1 Å². The van der Waals surface area contributed by atoms with Gasteiger partial charge in [-0.1, -0.05) is 44.2 Å². The number of nitrogens with one attached hydrogen (secondary N) is 4. The zero-order chi connectivity index (χ0) is 28.0. The Bertz CT molecular complexity index is 1040. The molecular weight excluding hydrogens is 537 g/mol. The maximum atomic E-state index is 13.5. The molecule has 0 bridgehead atoms. The molecule has 13 heteroatoms. The number of rotatable bonds is 4. The fraction of sp³-hybridized carbons (Fsp3) is 0.560. The zero-order valence-corrected chi connectivity index (χ0v) is 22.7. The van der Waals surface area contributed by atoms with Crippen LogP contribution in [0.3, 0.4) is 0 Å². The highest BCUT2D eigenvalue weighted by atomic mass is 35.5. The molecule has 3 rings (SSSR count). The fourth-order valence-electron chi connectivity index (χ4n) is 4.55. The molecule has 2 heterocycles. The molecule has 0 aliphatic carbocycles. The number of benzene rings is 1. The molecule has 0 radical (unpaired) electrons. The second kappa shape index (κ2) is 13.3. The van der Waals surface area contributed by atoms with Gasteiger partial charge in [-0.05, 0) is 18.4 Å². The van der Waals surface area contributed by atoms with E-state index in [1.807, 2.05) is 0 Å². The second-order valence-corrected chi connectivity index (χ2v) is 10.4. The number of fused-ring (bicyclic) bond motifs is 1. The molecule has 11 nitrogen and oxygen atoms in total. The number of nitrogens with zero attached hydrogens (tertiary/aromatic N) is 1. The van der Waals surface area contributed by atoms with E-state index in [4.69, 9.17) is 23.2 Å². The van der Waals surface area contributed by atoms with Gasteiger partial charge in [-0.2, -0.15) is 0 Å². The van der Waals surface area contributed by atoms with Crippen LogP contribution in [-0.2, 0) is 24.0 Å². The molecule has 1 aromatic rings. The van der Waals surface area contributed by atoms with Crippen LogP contribution in [-0.4, -0.2) is 87.6 Å². The first kappa shape index (κ1) is 29.7. The smallest absolute Gasteiger partial charge is 0.245 e. The van der Waals surface area contributed by atoms with Gasteiger partial charge in [-0.25, -0.2) is 0 Å². The Labute approximate surface area is 231 Å². The molecule has 208 valence electrons. The van der Waals surface area contributed by atoms with E-state index in [0.717, 1.165) is 0 Å². The van der Waals surface area contributed by atoms with Crippen LogP contribution in [0.25, 0.3) is 0 Å². The summed E-state index contributed by atoms with van der Waals surface area (Å²) in [5.74, 6) is -3.16. The lowest BCUT2D eigenvalue weighted by Crippen LogP contribution is -2.60. The minimum atomic E-state index is -1.34. The monoisotopic (exact) mass is 569 g/mol. The van der Waals surface area contributed by atoms with Crippen molar-refractivity contribution in [1.82, 2.24) is 26.2 Å². The SMILES string of the molecule is CC[C@@H]1NC(=O)C2[C@H](Cl)[C@H](Cl)CN2C(=O)[C@H](CC)NC(=O)C[C@H](c2ccccc2)NC(=O)[C@H](CO)NC1=O. The Kier molecular flexibility index (Phi) is 10.3. The molecule has 0 aromatic heterocycles. The van der Waals surface area contributed by atoms with Gasteiger partial charge < -0.3 is 31.3 Å². The number of carbonyl (C=O) groups excluding carboxylic acids is 5. The Hall–Kier alpha value is -2.89. The van der Waals surface area contributed by atoms with E-state index in [9.17, 15) is 29.1 Å². The van der Waals surface area contributed by atoms with Crippen LogP contribution in [0.1, 0.15) is 44.7 Å². The van der Waals surface area contributed by atoms with E-state index in [1.165, 1.54) is 4.90 Å². The van der Waals surface area contributed by atoms with Gasteiger partial charge in [0.25, 0.3) is 0 Å². The summed E-state index contributed by atoms with van der Waals surface area (Å²) in [5.41, 5.74) is 0.618. The lowest BCUT2D eigenvalue weighted by molar-refractivity contribution is -0.142. The van der Waals surface area contributed by atoms with Crippen molar-refractivity contribution >= 4 is 52.7 Å². The van der Waals surface area contributed by atoms with Crippen molar-refractivity contribution in [3.63, 3.8) is 0 Å². The van der Waals surface area contributed by atoms with Gasteiger partial charge in [0.15, 0.2) is 0 Å². The maximum Gasteiger partial charge on any atom is 0.245 e. The maximum absolute atomic E-state index is 13.5. The third-order valence-corrected chi connectivity index (χ3v) is 7.79. The number of alkyl halides is 2. The molecule has 2 saturated heterocycles. The van der Waals surface area contributed by atoms with Crippen LogP contribution < -0.4 is 21.3 Å². The van der Waals surface area contributed by atoms with Gasteiger partial charge >= 0.3 is 0 Å². The summed E-state index contributed by atoms with van der Waals surface area (Å²) in [6.07, 6.45) is 0.170. The minimum absolute atomic E-state index is 0.0166. The van der Waals surface area contributed by atoms with Crippen LogP contribution >= 0.6 is 23.2 Å².